The molecule has 3 heterocycles. The zero-order valence-electron chi connectivity index (χ0n) is 17.2. The molecule has 0 aliphatic rings. The highest BCUT2D eigenvalue weighted by Crippen LogP contribution is 2.38. The van der Waals surface area contributed by atoms with Gasteiger partial charge in [-0.2, -0.15) is 0 Å². The fraction of sp³-hybridized carbons (Fsp3) is 0.238. The van der Waals surface area contributed by atoms with Crippen molar-refractivity contribution in [2.45, 2.75) is 19.9 Å². The van der Waals surface area contributed by atoms with Crippen molar-refractivity contribution in [3.05, 3.63) is 50.8 Å². The van der Waals surface area contributed by atoms with Crippen molar-refractivity contribution < 1.29 is 28.7 Å². The van der Waals surface area contributed by atoms with Gasteiger partial charge in [0.2, 0.25) is 0 Å². The second-order valence-electron chi connectivity index (χ2n) is 6.38. The van der Waals surface area contributed by atoms with Gasteiger partial charge in [-0.3, -0.25) is 9.59 Å². The van der Waals surface area contributed by atoms with Crippen LogP contribution in [0.4, 0.5) is 5.00 Å². The van der Waals surface area contributed by atoms with Crippen LogP contribution in [0.5, 0.6) is 0 Å². The van der Waals surface area contributed by atoms with E-state index in [1.54, 1.807) is 29.8 Å². The zero-order valence-corrected chi connectivity index (χ0v) is 19.7. The van der Waals surface area contributed by atoms with Gasteiger partial charge in [-0.05, 0) is 36.7 Å². The highest BCUT2D eigenvalue weighted by Gasteiger charge is 2.24. The molecule has 1 atom stereocenters. The number of thiophene rings is 3. The molecule has 2 amide bonds. The summed E-state index contributed by atoms with van der Waals surface area (Å²) in [5.41, 5.74) is 0.927. The van der Waals surface area contributed by atoms with Crippen molar-refractivity contribution >= 4 is 62.8 Å². The van der Waals surface area contributed by atoms with Crippen molar-refractivity contribution in [3.63, 3.8) is 0 Å². The van der Waals surface area contributed by atoms with E-state index in [0.29, 0.717) is 15.4 Å². The summed E-state index contributed by atoms with van der Waals surface area (Å²) in [6, 6.07) is 6.17. The number of ether oxygens (including phenoxy) is 2. The number of hydrogen-bond acceptors (Lipinski definition) is 9. The molecule has 11 heteroatoms. The van der Waals surface area contributed by atoms with Crippen molar-refractivity contribution in [3.8, 4) is 10.4 Å². The Morgan fingerprint density at radius 2 is 1.78 bits per heavy atom. The minimum atomic E-state index is -0.931. The second-order valence-corrected chi connectivity index (χ2v) is 9.15. The molecule has 3 aromatic heterocycles. The van der Waals surface area contributed by atoms with Crippen LogP contribution in [0.15, 0.2) is 40.4 Å². The first-order valence-electron chi connectivity index (χ1n) is 9.54. The standard InChI is InChI=1S/C21H20N2O6S3/c1-3-28-21(27)17-13(14-6-4-8-30-14)11-32-19(17)23-16(24)10-29-20(26)12(2)22-18(25)15-7-5-9-31-15/h4-9,11-12H,3,10H2,1-2H3,(H,22,25)(H,23,24). The summed E-state index contributed by atoms with van der Waals surface area (Å²) >= 11 is 3.89. The van der Waals surface area contributed by atoms with E-state index in [0.717, 1.165) is 4.88 Å². The average molecular weight is 493 g/mol. The van der Waals surface area contributed by atoms with Gasteiger partial charge in [0.1, 0.15) is 16.6 Å². The summed E-state index contributed by atoms with van der Waals surface area (Å²) < 4.78 is 10.2. The Labute approximate surface area is 196 Å². The Kier molecular flexibility index (Phi) is 8.14. The van der Waals surface area contributed by atoms with Gasteiger partial charge in [-0.15, -0.1) is 34.0 Å². The summed E-state index contributed by atoms with van der Waals surface area (Å²) in [5, 5.41) is 10.8. The molecule has 168 valence electrons. The maximum Gasteiger partial charge on any atom is 0.341 e. The summed E-state index contributed by atoms with van der Waals surface area (Å²) in [6.45, 7) is 2.80. The van der Waals surface area contributed by atoms with Crippen LogP contribution in [0, 0.1) is 0 Å². The van der Waals surface area contributed by atoms with E-state index in [-0.39, 0.29) is 12.2 Å². The molecule has 2 N–H and O–H groups in total. The van der Waals surface area contributed by atoms with Crippen LogP contribution in [-0.2, 0) is 19.1 Å². The largest absolute Gasteiger partial charge is 0.462 e. The van der Waals surface area contributed by atoms with Gasteiger partial charge >= 0.3 is 11.9 Å². The Morgan fingerprint density at radius 1 is 1.03 bits per heavy atom. The minimum Gasteiger partial charge on any atom is -0.462 e. The first-order chi connectivity index (χ1) is 15.4. The van der Waals surface area contributed by atoms with Gasteiger partial charge in [-0.25, -0.2) is 9.59 Å². The number of anilines is 1. The number of nitrogens with one attached hydrogen (secondary N) is 2. The number of rotatable bonds is 9. The Bertz CT molecular complexity index is 1090. The molecule has 0 saturated carbocycles. The molecule has 0 saturated heterocycles. The fourth-order valence-corrected chi connectivity index (χ4v) is 5.04. The summed E-state index contributed by atoms with van der Waals surface area (Å²) in [4.78, 5) is 50.4. The van der Waals surface area contributed by atoms with E-state index in [4.69, 9.17) is 9.47 Å². The third-order valence-electron chi connectivity index (χ3n) is 4.10. The quantitative estimate of drug-likeness (QED) is 0.437. The SMILES string of the molecule is CCOC(=O)c1c(-c2cccs2)csc1NC(=O)COC(=O)C(C)NC(=O)c1cccs1. The van der Waals surface area contributed by atoms with Gasteiger partial charge in [0.15, 0.2) is 6.61 Å². The van der Waals surface area contributed by atoms with Crippen LogP contribution < -0.4 is 10.6 Å². The fourth-order valence-electron chi connectivity index (χ4n) is 2.63. The molecule has 3 rings (SSSR count). The van der Waals surface area contributed by atoms with Crippen molar-refractivity contribution in [2.24, 2.45) is 0 Å². The highest BCUT2D eigenvalue weighted by atomic mass is 32.1. The van der Waals surface area contributed by atoms with Crippen LogP contribution in [0.1, 0.15) is 33.9 Å². The molecule has 32 heavy (non-hydrogen) atoms. The van der Waals surface area contributed by atoms with E-state index >= 15 is 0 Å². The number of amides is 2. The highest BCUT2D eigenvalue weighted by molar-refractivity contribution is 7.17. The van der Waals surface area contributed by atoms with Crippen LogP contribution >= 0.6 is 34.0 Å². The first kappa shape index (κ1) is 23.6. The maximum atomic E-state index is 12.5. The summed E-state index contributed by atoms with van der Waals surface area (Å²) in [6.07, 6.45) is 0. The van der Waals surface area contributed by atoms with Crippen molar-refractivity contribution in [2.75, 3.05) is 18.5 Å². The van der Waals surface area contributed by atoms with Gasteiger partial charge in [0, 0.05) is 15.8 Å². The molecule has 0 radical (unpaired) electrons. The molecule has 8 nitrogen and oxygen atoms in total. The van der Waals surface area contributed by atoms with Crippen LogP contribution in [0.25, 0.3) is 10.4 Å². The molecule has 0 fully saturated rings. The average Bonchev–Trinajstić information content (AvgIpc) is 3.53. The van der Waals surface area contributed by atoms with Gasteiger partial charge in [0.05, 0.1) is 11.5 Å². The number of hydrogen-bond donors (Lipinski definition) is 2. The van der Waals surface area contributed by atoms with Crippen LogP contribution in [0.3, 0.4) is 0 Å². The lowest BCUT2D eigenvalue weighted by Gasteiger charge is -2.13. The van der Waals surface area contributed by atoms with Crippen molar-refractivity contribution in [1.29, 1.82) is 0 Å². The van der Waals surface area contributed by atoms with E-state index < -0.39 is 36.4 Å². The molecule has 0 aliphatic carbocycles. The second kappa shape index (κ2) is 11.0. The lowest BCUT2D eigenvalue weighted by Crippen LogP contribution is -2.40. The molecule has 1 unspecified atom stereocenters. The van der Waals surface area contributed by atoms with Crippen LogP contribution in [0.2, 0.25) is 0 Å². The van der Waals surface area contributed by atoms with Crippen molar-refractivity contribution in [1.82, 2.24) is 5.32 Å². The predicted molar refractivity (Wildman–Crippen MR) is 124 cm³/mol. The van der Waals surface area contributed by atoms with E-state index in [1.165, 1.54) is 40.9 Å². The predicted octanol–water partition coefficient (Wildman–Crippen LogP) is 4.02. The molecule has 3 aromatic rings. The topological polar surface area (TPSA) is 111 Å². The van der Waals surface area contributed by atoms with Gasteiger partial charge < -0.3 is 20.1 Å². The molecule has 0 spiro atoms. The molecule has 0 bridgehead atoms. The third-order valence-corrected chi connectivity index (χ3v) is 6.77. The summed E-state index contributed by atoms with van der Waals surface area (Å²) in [5.74, 6) is -2.30. The lowest BCUT2D eigenvalue weighted by molar-refractivity contribution is -0.148. The van der Waals surface area contributed by atoms with E-state index in [9.17, 15) is 19.2 Å². The van der Waals surface area contributed by atoms with Gasteiger partial charge in [-0.1, -0.05) is 12.1 Å². The number of carbonyl (C=O) groups excluding carboxylic acids is 4. The minimum absolute atomic E-state index is 0.193. The van der Waals surface area contributed by atoms with E-state index in [2.05, 4.69) is 10.6 Å². The third kappa shape index (κ3) is 5.81. The lowest BCUT2D eigenvalue weighted by atomic mass is 10.1. The summed E-state index contributed by atoms with van der Waals surface area (Å²) in [7, 11) is 0. The molecular weight excluding hydrogens is 472 g/mol. The number of esters is 2. The van der Waals surface area contributed by atoms with Crippen LogP contribution in [-0.4, -0.2) is 43.0 Å². The Balaban J connectivity index is 1.60. The smallest absolute Gasteiger partial charge is 0.341 e. The Morgan fingerprint density at radius 3 is 2.44 bits per heavy atom. The number of carbonyl (C=O) groups is 4. The van der Waals surface area contributed by atoms with Gasteiger partial charge in [0.25, 0.3) is 11.8 Å². The van der Waals surface area contributed by atoms with E-state index in [1.807, 2.05) is 17.5 Å². The molecule has 0 aromatic carbocycles. The maximum absolute atomic E-state index is 12.5. The first-order valence-corrected chi connectivity index (χ1v) is 12.2. The molecular formula is C21H20N2O6S3. The molecule has 0 aliphatic heterocycles. The normalized spacial score (nSPS) is 11.4. The zero-order chi connectivity index (χ0) is 23.1. The Hall–Kier alpha value is -3.02. The monoisotopic (exact) mass is 492 g/mol.